The van der Waals surface area contributed by atoms with E-state index in [4.69, 9.17) is 0 Å². The van der Waals surface area contributed by atoms with Crippen molar-refractivity contribution in [2.45, 2.75) is 129 Å². The Morgan fingerprint density at radius 3 is 1.15 bits per heavy atom. The van der Waals surface area contributed by atoms with Crippen LogP contribution in [-0.4, -0.2) is 0 Å². The van der Waals surface area contributed by atoms with Crippen molar-refractivity contribution in [2.75, 3.05) is 0 Å². The van der Waals surface area contributed by atoms with Crippen molar-refractivity contribution in [2.24, 2.45) is 0 Å². The van der Waals surface area contributed by atoms with Crippen LogP contribution in [0.4, 0.5) is 0 Å². The molecule has 0 aliphatic carbocycles. The first kappa shape index (κ1) is 26.8. The fourth-order valence-electron chi connectivity index (χ4n) is 5.52. The van der Waals surface area contributed by atoms with Gasteiger partial charge < -0.3 is 0 Å². The van der Waals surface area contributed by atoms with Gasteiger partial charge in [0.15, 0.2) is 0 Å². The Labute approximate surface area is 210 Å². The molecular weight excluding hydrogens is 408 g/mol. The summed E-state index contributed by atoms with van der Waals surface area (Å²) in [5, 5.41) is 5.80. The molecule has 34 heavy (non-hydrogen) atoms. The summed E-state index contributed by atoms with van der Waals surface area (Å²) in [4.78, 5) is 0. The molecule has 3 rings (SSSR count). The molecule has 0 saturated carbocycles. The zero-order valence-electron chi connectivity index (χ0n) is 22.3. The molecule has 0 aromatic heterocycles. The van der Waals surface area contributed by atoms with Crippen LogP contribution in [0.5, 0.6) is 0 Å². The second kappa shape index (κ2) is 16.0. The smallest absolute Gasteiger partial charge is 0.0146 e. The Balaban J connectivity index is 1.54. The van der Waals surface area contributed by atoms with Gasteiger partial charge in [-0.25, -0.2) is 0 Å². The minimum absolute atomic E-state index is 1.22. The maximum Gasteiger partial charge on any atom is -0.0146 e. The molecule has 0 aliphatic rings. The van der Waals surface area contributed by atoms with E-state index in [1.807, 2.05) is 0 Å². The van der Waals surface area contributed by atoms with Crippen LogP contribution in [-0.2, 0) is 12.8 Å². The molecule has 0 bridgehead atoms. The van der Waals surface area contributed by atoms with Gasteiger partial charge in [-0.1, -0.05) is 140 Å². The number of hydrogen-bond acceptors (Lipinski definition) is 0. The van der Waals surface area contributed by atoms with E-state index in [9.17, 15) is 0 Å². The molecular formula is C34H50. The van der Waals surface area contributed by atoms with Crippen molar-refractivity contribution in [1.29, 1.82) is 0 Å². The molecule has 0 fully saturated rings. The molecule has 0 N–H and O–H groups in total. The molecule has 0 aliphatic heterocycles. The van der Waals surface area contributed by atoms with Crippen LogP contribution < -0.4 is 0 Å². The molecule has 0 amide bonds. The number of hydrogen-bond donors (Lipinski definition) is 0. The third-order valence-electron chi connectivity index (χ3n) is 7.66. The van der Waals surface area contributed by atoms with Gasteiger partial charge in [0.05, 0.1) is 0 Å². The Morgan fingerprint density at radius 1 is 0.412 bits per heavy atom. The summed E-state index contributed by atoms with van der Waals surface area (Å²) in [7, 11) is 0. The van der Waals surface area contributed by atoms with Crippen LogP contribution in [0, 0.1) is 0 Å². The van der Waals surface area contributed by atoms with Crippen LogP contribution in [0.1, 0.15) is 128 Å². The summed E-state index contributed by atoms with van der Waals surface area (Å²) in [5.74, 6) is 0. The molecule has 0 unspecified atom stereocenters. The molecule has 0 atom stereocenters. The van der Waals surface area contributed by atoms with Crippen molar-refractivity contribution in [3.8, 4) is 0 Å². The van der Waals surface area contributed by atoms with Gasteiger partial charge in [0.2, 0.25) is 0 Å². The average molecular weight is 459 g/mol. The van der Waals surface area contributed by atoms with Gasteiger partial charge in [-0.05, 0) is 70.5 Å². The molecule has 0 nitrogen and oxygen atoms in total. The number of fused-ring (bicyclic) bond motifs is 2. The lowest BCUT2D eigenvalue weighted by molar-refractivity contribution is 0.576. The highest BCUT2D eigenvalue weighted by atomic mass is 14.1. The molecule has 0 heteroatoms. The normalized spacial score (nSPS) is 11.6. The minimum atomic E-state index is 1.22. The van der Waals surface area contributed by atoms with Crippen molar-refractivity contribution < 1.29 is 0 Å². The van der Waals surface area contributed by atoms with Crippen LogP contribution in [0.25, 0.3) is 21.5 Å². The predicted molar refractivity (Wildman–Crippen MR) is 154 cm³/mol. The summed E-state index contributed by atoms with van der Waals surface area (Å²) in [6.45, 7) is 4.59. The van der Waals surface area contributed by atoms with Crippen LogP contribution in [0.15, 0.2) is 48.5 Å². The average Bonchev–Trinajstić information content (AvgIpc) is 2.86. The molecule has 0 radical (unpaired) electrons. The maximum atomic E-state index is 2.47. The van der Waals surface area contributed by atoms with E-state index in [0.717, 1.165) is 0 Å². The van der Waals surface area contributed by atoms with E-state index >= 15 is 0 Å². The molecule has 0 saturated heterocycles. The van der Waals surface area contributed by atoms with E-state index in [1.54, 1.807) is 11.1 Å². The fraction of sp³-hybridized carbons (Fsp3) is 0.588. The van der Waals surface area contributed by atoms with E-state index in [0.29, 0.717) is 0 Å². The Morgan fingerprint density at radius 2 is 0.765 bits per heavy atom. The Hall–Kier alpha value is -1.82. The van der Waals surface area contributed by atoms with Gasteiger partial charge in [0.1, 0.15) is 0 Å². The maximum absolute atomic E-state index is 2.47. The second-order valence-electron chi connectivity index (χ2n) is 10.6. The lowest BCUT2D eigenvalue weighted by Crippen LogP contribution is -1.92. The van der Waals surface area contributed by atoms with E-state index in [2.05, 4.69) is 62.4 Å². The molecule has 0 spiro atoms. The van der Waals surface area contributed by atoms with Gasteiger partial charge in [-0.15, -0.1) is 0 Å². The Kier molecular flexibility index (Phi) is 12.6. The van der Waals surface area contributed by atoms with Gasteiger partial charge in [-0.2, -0.15) is 0 Å². The summed E-state index contributed by atoms with van der Waals surface area (Å²) in [6.07, 6.45) is 24.7. The number of unbranched alkanes of at least 4 members (excludes halogenated alkanes) is 14. The van der Waals surface area contributed by atoms with Crippen LogP contribution in [0.2, 0.25) is 0 Å². The number of benzene rings is 3. The van der Waals surface area contributed by atoms with Gasteiger partial charge in [-0.3, -0.25) is 0 Å². The largest absolute Gasteiger partial charge is 0.0654 e. The molecule has 3 aromatic carbocycles. The highest BCUT2D eigenvalue weighted by molar-refractivity contribution is 6.00. The quantitative estimate of drug-likeness (QED) is 0.131. The van der Waals surface area contributed by atoms with Gasteiger partial charge in [0.25, 0.3) is 0 Å². The SMILES string of the molecule is CCCCCCCCCCc1cccc2cc3c(CCCCCCCCCC)cccc3cc12. The van der Waals surface area contributed by atoms with Crippen molar-refractivity contribution in [3.63, 3.8) is 0 Å². The highest BCUT2D eigenvalue weighted by Crippen LogP contribution is 2.29. The first-order valence-corrected chi connectivity index (χ1v) is 14.8. The van der Waals surface area contributed by atoms with Gasteiger partial charge in [0, 0.05) is 0 Å². The summed E-state index contributed by atoms with van der Waals surface area (Å²) >= 11 is 0. The van der Waals surface area contributed by atoms with E-state index in [1.165, 1.54) is 137 Å². The number of aryl methyl sites for hydroxylation is 2. The minimum Gasteiger partial charge on any atom is -0.0654 e. The molecule has 0 heterocycles. The monoisotopic (exact) mass is 458 g/mol. The van der Waals surface area contributed by atoms with Crippen LogP contribution >= 0.6 is 0 Å². The summed E-state index contributed by atoms with van der Waals surface area (Å²) in [6, 6.07) is 18.9. The topological polar surface area (TPSA) is 0 Å². The van der Waals surface area contributed by atoms with Gasteiger partial charge >= 0.3 is 0 Å². The second-order valence-corrected chi connectivity index (χ2v) is 10.6. The first-order chi connectivity index (χ1) is 16.8. The zero-order valence-corrected chi connectivity index (χ0v) is 22.3. The highest BCUT2D eigenvalue weighted by Gasteiger charge is 2.07. The van der Waals surface area contributed by atoms with Crippen molar-refractivity contribution in [3.05, 3.63) is 59.7 Å². The fourth-order valence-corrected chi connectivity index (χ4v) is 5.52. The summed E-state index contributed by atoms with van der Waals surface area (Å²) in [5.41, 5.74) is 3.08. The third kappa shape index (κ3) is 8.75. The van der Waals surface area contributed by atoms with Crippen LogP contribution in [0.3, 0.4) is 0 Å². The molecule has 3 aromatic rings. The predicted octanol–water partition coefficient (Wildman–Crippen LogP) is 11.4. The zero-order chi connectivity index (χ0) is 23.8. The lowest BCUT2D eigenvalue weighted by atomic mass is 9.93. The van der Waals surface area contributed by atoms with Crippen molar-refractivity contribution in [1.82, 2.24) is 0 Å². The number of rotatable bonds is 18. The van der Waals surface area contributed by atoms with Crippen molar-refractivity contribution >= 4 is 21.5 Å². The van der Waals surface area contributed by atoms with E-state index < -0.39 is 0 Å². The Bertz CT molecular complexity index is 871. The van der Waals surface area contributed by atoms with E-state index in [-0.39, 0.29) is 0 Å². The summed E-state index contributed by atoms with van der Waals surface area (Å²) < 4.78 is 0. The first-order valence-electron chi connectivity index (χ1n) is 14.8. The lowest BCUT2D eigenvalue weighted by Gasteiger charge is -2.12. The standard InChI is InChI=1S/C34H50/c1-3-5-7-9-11-13-15-17-21-29-23-19-25-31-28-34-30(24-20-26-32(34)27-33(29)31)22-18-16-14-12-10-8-6-4-2/h19-20,23-28H,3-18,21-22H2,1-2H3. The molecule has 186 valence electrons. The third-order valence-corrected chi connectivity index (χ3v) is 7.66.